The number of nitrogens with zero attached hydrogens (tertiary/aromatic N) is 1. The molecule has 0 heterocycles. The van der Waals surface area contributed by atoms with Crippen molar-refractivity contribution in [2.24, 2.45) is 10.4 Å². The molecule has 27 heavy (non-hydrogen) atoms. The molecule has 1 aromatic carbocycles. The van der Waals surface area contributed by atoms with Crippen molar-refractivity contribution in [3.8, 4) is 5.75 Å². The second-order valence-electron chi connectivity index (χ2n) is 7.30. The lowest BCUT2D eigenvalue weighted by Crippen LogP contribution is -2.42. The SMILES string of the molecule is C=CCOc1ccccc1CN=C(NCC)NCC(C)(C)CCS(C)(=O)=O. The van der Waals surface area contributed by atoms with Crippen molar-refractivity contribution in [1.82, 2.24) is 10.6 Å². The Bertz CT molecular complexity index is 728. The van der Waals surface area contributed by atoms with Crippen LogP contribution < -0.4 is 15.4 Å². The minimum Gasteiger partial charge on any atom is -0.489 e. The van der Waals surface area contributed by atoms with Gasteiger partial charge in [0.15, 0.2) is 5.96 Å². The van der Waals surface area contributed by atoms with Gasteiger partial charge in [0.2, 0.25) is 0 Å². The summed E-state index contributed by atoms with van der Waals surface area (Å²) in [4.78, 5) is 4.63. The van der Waals surface area contributed by atoms with Crippen molar-refractivity contribution < 1.29 is 13.2 Å². The highest BCUT2D eigenvalue weighted by Gasteiger charge is 2.20. The molecule has 1 rings (SSSR count). The van der Waals surface area contributed by atoms with Crippen LogP contribution in [0.1, 0.15) is 32.8 Å². The van der Waals surface area contributed by atoms with E-state index in [-0.39, 0.29) is 11.2 Å². The number of guanidine groups is 1. The topological polar surface area (TPSA) is 79.8 Å². The van der Waals surface area contributed by atoms with Crippen LogP contribution in [0.5, 0.6) is 5.75 Å². The van der Waals surface area contributed by atoms with E-state index in [1.54, 1.807) is 6.08 Å². The summed E-state index contributed by atoms with van der Waals surface area (Å²) in [7, 11) is -2.96. The van der Waals surface area contributed by atoms with E-state index < -0.39 is 9.84 Å². The fourth-order valence-electron chi connectivity index (χ4n) is 2.30. The zero-order valence-electron chi connectivity index (χ0n) is 16.9. The number of nitrogens with one attached hydrogen (secondary N) is 2. The van der Waals surface area contributed by atoms with Crippen molar-refractivity contribution in [2.75, 3.05) is 31.7 Å². The first-order valence-electron chi connectivity index (χ1n) is 9.18. The molecule has 6 nitrogen and oxygen atoms in total. The molecular weight excluding hydrogens is 362 g/mol. The van der Waals surface area contributed by atoms with E-state index in [4.69, 9.17) is 4.74 Å². The number of para-hydroxylation sites is 1. The predicted molar refractivity (Wildman–Crippen MR) is 113 cm³/mol. The molecular formula is C20H33N3O3S. The minimum absolute atomic E-state index is 0.162. The summed E-state index contributed by atoms with van der Waals surface area (Å²) in [5.41, 5.74) is 0.831. The van der Waals surface area contributed by atoms with Crippen molar-refractivity contribution >= 4 is 15.8 Å². The molecule has 152 valence electrons. The number of hydrogen-bond acceptors (Lipinski definition) is 4. The summed E-state index contributed by atoms with van der Waals surface area (Å²) >= 11 is 0. The van der Waals surface area contributed by atoms with Gasteiger partial charge < -0.3 is 15.4 Å². The van der Waals surface area contributed by atoms with E-state index in [0.29, 0.717) is 32.1 Å². The van der Waals surface area contributed by atoms with Crippen molar-refractivity contribution in [3.05, 3.63) is 42.5 Å². The summed E-state index contributed by atoms with van der Waals surface area (Å²) in [5.74, 6) is 1.68. The molecule has 2 N–H and O–H groups in total. The zero-order valence-corrected chi connectivity index (χ0v) is 17.7. The molecule has 0 fully saturated rings. The lowest BCUT2D eigenvalue weighted by molar-refractivity contribution is 0.348. The third kappa shape index (κ3) is 10.0. The van der Waals surface area contributed by atoms with Crippen molar-refractivity contribution in [3.63, 3.8) is 0 Å². The molecule has 7 heteroatoms. The van der Waals surface area contributed by atoms with Gasteiger partial charge >= 0.3 is 0 Å². The molecule has 0 bridgehead atoms. The molecule has 0 spiro atoms. The predicted octanol–water partition coefficient (Wildman–Crippen LogP) is 2.77. The summed E-state index contributed by atoms with van der Waals surface area (Å²) in [5, 5.41) is 6.54. The molecule has 0 amide bonds. The van der Waals surface area contributed by atoms with Crippen LogP contribution in [-0.2, 0) is 16.4 Å². The van der Waals surface area contributed by atoms with Crippen molar-refractivity contribution in [1.29, 1.82) is 0 Å². The van der Waals surface area contributed by atoms with Gasteiger partial charge in [0.05, 0.1) is 12.3 Å². The number of hydrogen-bond donors (Lipinski definition) is 2. The molecule has 0 atom stereocenters. The molecule has 0 saturated carbocycles. The van der Waals surface area contributed by atoms with Gasteiger partial charge in [-0.2, -0.15) is 0 Å². The maximum absolute atomic E-state index is 11.4. The Morgan fingerprint density at radius 2 is 2.00 bits per heavy atom. The number of aliphatic imine (C=N–C) groups is 1. The maximum Gasteiger partial charge on any atom is 0.191 e. The van der Waals surface area contributed by atoms with Crippen LogP contribution in [-0.4, -0.2) is 46.1 Å². The lowest BCUT2D eigenvalue weighted by atomic mass is 9.90. The molecule has 0 aromatic heterocycles. The average molecular weight is 396 g/mol. The van der Waals surface area contributed by atoms with Gasteiger partial charge in [0, 0.05) is 24.9 Å². The Kier molecular flexibility index (Phi) is 9.35. The molecule has 1 aromatic rings. The van der Waals surface area contributed by atoms with Crippen LogP contribution in [0.25, 0.3) is 0 Å². The average Bonchev–Trinajstić information content (AvgIpc) is 2.61. The normalized spacial score (nSPS) is 12.5. The minimum atomic E-state index is -2.96. The molecule has 0 unspecified atom stereocenters. The van der Waals surface area contributed by atoms with E-state index >= 15 is 0 Å². The van der Waals surface area contributed by atoms with Crippen LogP contribution in [0.15, 0.2) is 41.9 Å². The van der Waals surface area contributed by atoms with Gasteiger partial charge in [0.25, 0.3) is 0 Å². The lowest BCUT2D eigenvalue weighted by Gasteiger charge is -2.25. The molecule has 0 aliphatic heterocycles. The van der Waals surface area contributed by atoms with E-state index in [1.165, 1.54) is 6.26 Å². The largest absolute Gasteiger partial charge is 0.489 e. The molecule has 0 saturated heterocycles. The quantitative estimate of drug-likeness (QED) is 0.342. The number of rotatable bonds is 11. The third-order valence-electron chi connectivity index (χ3n) is 3.97. The number of sulfone groups is 1. The molecule has 0 aliphatic rings. The van der Waals surface area contributed by atoms with Crippen LogP contribution >= 0.6 is 0 Å². The first-order valence-corrected chi connectivity index (χ1v) is 11.2. The molecule has 0 aliphatic carbocycles. The summed E-state index contributed by atoms with van der Waals surface area (Å²) < 4.78 is 28.5. The summed E-state index contributed by atoms with van der Waals surface area (Å²) in [6.45, 7) is 12.1. The molecule has 0 radical (unpaired) electrons. The first kappa shape index (κ1) is 23.0. The van der Waals surface area contributed by atoms with Gasteiger partial charge in [-0.3, -0.25) is 0 Å². The highest BCUT2D eigenvalue weighted by atomic mass is 32.2. The van der Waals surface area contributed by atoms with Crippen LogP contribution in [0.4, 0.5) is 0 Å². The Morgan fingerprint density at radius 3 is 2.63 bits per heavy atom. The Labute approximate surface area is 164 Å². The van der Waals surface area contributed by atoms with Gasteiger partial charge in [-0.25, -0.2) is 13.4 Å². The second kappa shape index (κ2) is 11.0. The number of ether oxygens (including phenoxy) is 1. The van der Waals surface area contributed by atoms with E-state index in [0.717, 1.165) is 17.9 Å². The standard InChI is InChI=1S/C20H33N3O3S/c1-6-13-26-18-11-9-8-10-17(18)15-22-19(21-7-2)23-16-20(3,4)12-14-27(5,24)25/h6,8-11H,1,7,12-16H2,2-5H3,(H2,21,22,23). The van der Waals surface area contributed by atoms with Gasteiger partial charge in [0.1, 0.15) is 22.2 Å². The van der Waals surface area contributed by atoms with Crippen LogP contribution in [0.2, 0.25) is 0 Å². The fraction of sp³-hybridized carbons (Fsp3) is 0.550. The Hall–Kier alpha value is -2.02. The summed E-state index contributed by atoms with van der Waals surface area (Å²) in [6, 6.07) is 7.80. The van der Waals surface area contributed by atoms with E-state index in [1.807, 2.05) is 45.0 Å². The van der Waals surface area contributed by atoms with E-state index in [9.17, 15) is 8.42 Å². The Morgan fingerprint density at radius 1 is 1.30 bits per heavy atom. The highest BCUT2D eigenvalue weighted by Crippen LogP contribution is 2.20. The van der Waals surface area contributed by atoms with Gasteiger partial charge in [-0.15, -0.1) is 0 Å². The highest BCUT2D eigenvalue weighted by molar-refractivity contribution is 7.90. The van der Waals surface area contributed by atoms with E-state index in [2.05, 4.69) is 22.2 Å². The Balaban J connectivity index is 2.74. The first-order chi connectivity index (χ1) is 12.7. The van der Waals surface area contributed by atoms with Gasteiger partial charge in [-0.1, -0.05) is 44.7 Å². The smallest absolute Gasteiger partial charge is 0.191 e. The van der Waals surface area contributed by atoms with Gasteiger partial charge in [-0.05, 0) is 24.8 Å². The third-order valence-corrected chi connectivity index (χ3v) is 4.91. The summed E-state index contributed by atoms with van der Waals surface area (Å²) in [6.07, 6.45) is 3.58. The maximum atomic E-state index is 11.4. The van der Waals surface area contributed by atoms with Crippen LogP contribution in [0, 0.1) is 5.41 Å². The second-order valence-corrected chi connectivity index (χ2v) is 9.56. The van der Waals surface area contributed by atoms with Crippen molar-refractivity contribution in [2.45, 2.75) is 33.7 Å². The monoisotopic (exact) mass is 395 g/mol. The zero-order chi connectivity index (χ0) is 20.3. The number of benzene rings is 1. The fourth-order valence-corrected chi connectivity index (χ4v) is 3.23. The van der Waals surface area contributed by atoms with Crippen LogP contribution in [0.3, 0.4) is 0 Å².